The zero-order chi connectivity index (χ0) is 12.1. The summed E-state index contributed by atoms with van der Waals surface area (Å²) < 4.78 is 31.2. The Labute approximate surface area is 90.0 Å². The van der Waals surface area contributed by atoms with Crippen LogP contribution in [-0.2, 0) is 0 Å². The van der Waals surface area contributed by atoms with E-state index in [9.17, 15) is 18.9 Å². The van der Waals surface area contributed by atoms with Crippen molar-refractivity contribution in [1.29, 1.82) is 0 Å². The lowest BCUT2D eigenvalue weighted by atomic mass is 10.3. The van der Waals surface area contributed by atoms with Crippen molar-refractivity contribution >= 4 is 5.69 Å². The van der Waals surface area contributed by atoms with Crippen LogP contribution < -0.4 is 10.5 Å². The third kappa shape index (κ3) is 2.86. The van der Waals surface area contributed by atoms with E-state index < -0.39 is 28.0 Å². The van der Waals surface area contributed by atoms with Crippen molar-refractivity contribution in [2.45, 2.75) is 6.42 Å². The van der Waals surface area contributed by atoms with Crippen molar-refractivity contribution in [2.24, 2.45) is 5.73 Å². The van der Waals surface area contributed by atoms with Crippen molar-refractivity contribution in [3.8, 4) is 5.75 Å². The maximum Gasteiger partial charge on any atom is 0.275 e. The minimum Gasteiger partial charge on any atom is -0.488 e. The van der Waals surface area contributed by atoms with Crippen LogP contribution in [0.5, 0.6) is 5.75 Å². The maximum atomic E-state index is 13.2. The van der Waals surface area contributed by atoms with E-state index in [0.717, 1.165) is 0 Å². The van der Waals surface area contributed by atoms with Gasteiger partial charge in [-0.05, 0) is 13.0 Å². The SMILES string of the molecule is NCCCOc1c(F)cc([N+](=O)[O-])cc1F. The highest BCUT2D eigenvalue weighted by Crippen LogP contribution is 2.26. The number of nitrogens with two attached hydrogens (primary N) is 1. The summed E-state index contributed by atoms with van der Waals surface area (Å²) >= 11 is 0. The van der Waals surface area contributed by atoms with Crippen LogP contribution in [0.2, 0.25) is 0 Å². The molecular weight excluding hydrogens is 222 g/mol. The third-order valence-corrected chi connectivity index (χ3v) is 1.79. The monoisotopic (exact) mass is 232 g/mol. The highest BCUT2D eigenvalue weighted by molar-refractivity contribution is 5.39. The van der Waals surface area contributed by atoms with Crippen LogP contribution in [0.3, 0.4) is 0 Å². The molecule has 1 aromatic carbocycles. The molecule has 0 saturated carbocycles. The number of hydrogen-bond donors (Lipinski definition) is 1. The Morgan fingerprint density at radius 1 is 1.38 bits per heavy atom. The van der Waals surface area contributed by atoms with Crippen LogP contribution in [0, 0.1) is 21.7 Å². The predicted molar refractivity (Wildman–Crippen MR) is 52.2 cm³/mol. The predicted octanol–water partition coefficient (Wildman–Crippen LogP) is 1.60. The molecule has 0 aliphatic rings. The molecule has 88 valence electrons. The summed E-state index contributed by atoms with van der Waals surface area (Å²) in [5, 5.41) is 10.3. The van der Waals surface area contributed by atoms with Crippen LogP contribution in [-0.4, -0.2) is 18.1 Å². The molecule has 0 aliphatic carbocycles. The van der Waals surface area contributed by atoms with E-state index in [1.807, 2.05) is 0 Å². The Bertz CT molecular complexity index is 375. The van der Waals surface area contributed by atoms with Gasteiger partial charge in [-0.2, -0.15) is 0 Å². The van der Waals surface area contributed by atoms with Crippen LogP contribution >= 0.6 is 0 Å². The van der Waals surface area contributed by atoms with E-state index in [-0.39, 0.29) is 6.61 Å². The second-order valence-electron chi connectivity index (χ2n) is 2.99. The largest absolute Gasteiger partial charge is 0.488 e. The second-order valence-corrected chi connectivity index (χ2v) is 2.99. The molecule has 0 unspecified atom stereocenters. The van der Waals surface area contributed by atoms with E-state index in [4.69, 9.17) is 10.5 Å². The first-order valence-electron chi connectivity index (χ1n) is 4.52. The normalized spacial score (nSPS) is 10.2. The highest BCUT2D eigenvalue weighted by atomic mass is 19.1. The van der Waals surface area contributed by atoms with Gasteiger partial charge in [0.15, 0.2) is 17.4 Å². The first-order valence-corrected chi connectivity index (χ1v) is 4.52. The van der Waals surface area contributed by atoms with Gasteiger partial charge in [-0.3, -0.25) is 10.1 Å². The lowest BCUT2D eigenvalue weighted by molar-refractivity contribution is -0.385. The Morgan fingerprint density at radius 3 is 2.38 bits per heavy atom. The molecule has 0 bridgehead atoms. The molecule has 1 aromatic rings. The lowest BCUT2D eigenvalue weighted by Gasteiger charge is -2.07. The van der Waals surface area contributed by atoms with Crippen LogP contribution in [0.25, 0.3) is 0 Å². The van der Waals surface area contributed by atoms with Crippen LogP contribution in [0.4, 0.5) is 14.5 Å². The van der Waals surface area contributed by atoms with Gasteiger partial charge >= 0.3 is 0 Å². The Balaban J connectivity index is 2.89. The molecule has 0 fully saturated rings. The highest BCUT2D eigenvalue weighted by Gasteiger charge is 2.17. The molecule has 0 heterocycles. The maximum absolute atomic E-state index is 13.2. The van der Waals surface area contributed by atoms with Crippen molar-refractivity contribution in [3.63, 3.8) is 0 Å². The molecule has 2 N–H and O–H groups in total. The molecular formula is C9H10F2N2O3. The summed E-state index contributed by atoms with van der Waals surface area (Å²) in [6.07, 6.45) is 0.440. The van der Waals surface area contributed by atoms with Crippen molar-refractivity contribution < 1.29 is 18.4 Å². The summed E-state index contributed by atoms with van der Waals surface area (Å²) in [6.45, 7) is 0.387. The first-order chi connectivity index (χ1) is 7.56. The summed E-state index contributed by atoms with van der Waals surface area (Å²) in [5.41, 5.74) is 4.52. The number of non-ortho nitro benzene ring substituents is 1. The van der Waals surface area contributed by atoms with E-state index in [0.29, 0.717) is 25.1 Å². The fourth-order valence-corrected chi connectivity index (χ4v) is 1.05. The Kier molecular flexibility index (Phi) is 4.12. The summed E-state index contributed by atoms with van der Waals surface area (Å²) in [4.78, 5) is 9.41. The standard InChI is InChI=1S/C9H10F2N2O3/c10-7-4-6(13(14)15)5-8(11)9(7)16-3-1-2-12/h4-5H,1-3,12H2. The van der Waals surface area contributed by atoms with Crippen LogP contribution in [0.1, 0.15) is 6.42 Å². The molecule has 0 aromatic heterocycles. The molecule has 7 heteroatoms. The van der Waals surface area contributed by atoms with Gasteiger partial charge in [-0.15, -0.1) is 0 Å². The number of hydrogen-bond acceptors (Lipinski definition) is 4. The zero-order valence-electron chi connectivity index (χ0n) is 8.28. The number of nitrogens with zero attached hydrogens (tertiary/aromatic N) is 1. The zero-order valence-corrected chi connectivity index (χ0v) is 8.28. The quantitative estimate of drug-likeness (QED) is 0.475. The number of rotatable bonds is 5. The average Bonchev–Trinajstić information content (AvgIpc) is 2.21. The van der Waals surface area contributed by atoms with Gasteiger partial charge < -0.3 is 10.5 Å². The van der Waals surface area contributed by atoms with Gasteiger partial charge in [0.2, 0.25) is 0 Å². The van der Waals surface area contributed by atoms with Crippen molar-refractivity contribution in [3.05, 3.63) is 33.9 Å². The number of halogens is 2. The van der Waals surface area contributed by atoms with Crippen molar-refractivity contribution in [1.82, 2.24) is 0 Å². The van der Waals surface area contributed by atoms with E-state index >= 15 is 0 Å². The fraction of sp³-hybridized carbons (Fsp3) is 0.333. The topological polar surface area (TPSA) is 78.4 Å². The lowest BCUT2D eigenvalue weighted by Crippen LogP contribution is -2.08. The average molecular weight is 232 g/mol. The van der Waals surface area contributed by atoms with Crippen LogP contribution in [0.15, 0.2) is 12.1 Å². The van der Waals surface area contributed by atoms with E-state index in [1.54, 1.807) is 0 Å². The molecule has 1 rings (SSSR count). The molecule has 0 radical (unpaired) electrons. The second kappa shape index (κ2) is 5.36. The first kappa shape index (κ1) is 12.3. The smallest absolute Gasteiger partial charge is 0.275 e. The van der Waals surface area contributed by atoms with Crippen molar-refractivity contribution in [2.75, 3.05) is 13.2 Å². The molecule has 0 spiro atoms. The molecule has 0 saturated heterocycles. The van der Waals surface area contributed by atoms with E-state index in [2.05, 4.69) is 0 Å². The Hall–Kier alpha value is -1.76. The fourth-order valence-electron chi connectivity index (χ4n) is 1.05. The number of nitro groups is 1. The summed E-state index contributed by atoms with van der Waals surface area (Å²) in [7, 11) is 0. The van der Waals surface area contributed by atoms with Gasteiger partial charge in [-0.25, -0.2) is 8.78 Å². The minimum absolute atomic E-state index is 0.0577. The Morgan fingerprint density at radius 2 is 1.94 bits per heavy atom. The molecule has 0 aliphatic heterocycles. The van der Waals surface area contributed by atoms with Gasteiger partial charge in [0.05, 0.1) is 23.7 Å². The number of benzene rings is 1. The number of nitro benzene ring substituents is 1. The summed E-state index contributed by atoms with van der Waals surface area (Å²) in [6, 6.07) is 1.22. The minimum atomic E-state index is -1.09. The van der Waals surface area contributed by atoms with Gasteiger partial charge in [0, 0.05) is 0 Å². The van der Waals surface area contributed by atoms with E-state index in [1.165, 1.54) is 0 Å². The van der Waals surface area contributed by atoms with Gasteiger partial charge in [0.25, 0.3) is 5.69 Å². The molecule has 5 nitrogen and oxygen atoms in total. The van der Waals surface area contributed by atoms with Gasteiger partial charge in [-0.1, -0.05) is 0 Å². The molecule has 0 atom stereocenters. The molecule has 0 amide bonds. The molecule has 16 heavy (non-hydrogen) atoms. The van der Waals surface area contributed by atoms with Gasteiger partial charge in [0.1, 0.15) is 0 Å². The third-order valence-electron chi connectivity index (χ3n) is 1.79. The summed E-state index contributed by atoms with van der Waals surface area (Å²) in [5.74, 6) is -2.80. The number of ether oxygens (including phenoxy) is 1.